The van der Waals surface area contributed by atoms with Gasteiger partial charge in [0.1, 0.15) is 0 Å². The van der Waals surface area contributed by atoms with E-state index in [1.165, 1.54) is 35.2 Å². The molecule has 0 bridgehead atoms. The van der Waals surface area contributed by atoms with Gasteiger partial charge in [0.05, 0.1) is 0 Å². The fraction of sp³-hybridized carbons (Fsp3) is 0.375. The zero-order chi connectivity index (χ0) is 13.2. The van der Waals surface area contributed by atoms with Gasteiger partial charge < -0.3 is 4.90 Å². The van der Waals surface area contributed by atoms with Gasteiger partial charge in [-0.15, -0.1) is 0 Å². The lowest BCUT2D eigenvalue weighted by molar-refractivity contribution is 0.796. The molecule has 0 atom stereocenters. The van der Waals surface area contributed by atoms with Crippen LogP contribution in [0.15, 0.2) is 35.0 Å². The molecule has 3 heteroatoms. The largest absolute Gasteiger partial charge is 0.364 e. The second kappa shape index (κ2) is 5.68. The standard InChI is InChI=1S/C16H18BrNS/c1-12-8-16(3-2-14(12)9-17)18(15-4-5-15)10-13-6-7-19-11-13/h2-3,6-8,11,15H,4-5,9-10H2,1H3. The summed E-state index contributed by atoms with van der Waals surface area (Å²) >= 11 is 5.33. The SMILES string of the molecule is Cc1cc(N(Cc2ccsc2)C2CC2)ccc1CBr. The van der Waals surface area contributed by atoms with Gasteiger partial charge in [0.2, 0.25) is 0 Å². The van der Waals surface area contributed by atoms with Crippen LogP contribution in [0.5, 0.6) is 0 Å². The number of anilines is 1. The Morgan fingerprint density at radius 3 is 2.74 bits per heavy atom. The van der Waals surface area contributed by atoms with E-state index in [-0.39, 0.29) is 0 Å². The smallest absolute Gasteiger partial charge is 0.0440 e. The minimum Gasteiger partial charge on any atom is -0.364 e. The van der Waals surface area contributed by atoms with Gasteiger partial charge in [-0.3, -0.25) is 0 Å². The normalized spacial score (nSPS) is 14.6. The lowest BCUT2D eigenvalue weighted by Crippen LogP contribution is -2.24. The van der Waals surface area contributed by atoms with Crippen molar-refractivity contribution in [1.82, 2.24) is 0 Å². The third-order valence-electron chi connectivity index (χ3n) is 3.72. The van der Waals surface area contributed by atoms with Crippen LogP contribution in [0.3, 0.4) is 0 Å². The van der Waals surface area contributed by atoms with Crippen LogP contribution in [0.1, 0.15) is 29.5 Å². The summed E-state index contributed by atoms with van der Waals surface area (Å²) in [7, 11) is 0. The van der Waals surface area contributed by atoms with E-state index in [0.29, 0.717) is 0 Å². The van der Waals surface area contributed by atoms with Crippen molar-refractivity contribution in [2.45, 2.75) is 37.7 Å². The topological polar surface area (TPSA) is 3.24 Å². The molecule has 1 aliphatic carbocycles. The van der Waals surface area contributed by atoms with Gasteiger partial charge >= 0.3 is 0 Å². The first-order chi connectivity index (χ1) is 9.28. The number of aryl methyl sites for hydroxylation is 1. The van der Waals surface area contributed by atoms with Crippen molar-refractivity contribution in [3.63, 3.8) is 0 Å². The molecule has 0 aliphatic heterocycles. The molecule has 3 rings (SSSR count). The molecule has 1 fully saturated rings. The van der Waals surface area contributed by atoms with Gasteiger partial charge in [-0.25, -0.2) is 0 Å². The molecule has 1 aromatic heterocycles. The Morgan fingerprint density at radius 2 is 2.16 bits per heavy atom. The average Bonchev–Trinajstić information content (AvgIpc) is 3.13. The molecular weight excluding hydrogens is 318 g/mol. The second-order valence-corrected chi connectivity index (χ2v) is 6.58. The Kier molecular flexibility index (Phi) is 3.94. The zero-order valence-corrected chi connectivity index (χ0v) is 13.5. The molecule has 1 saturated carbocycles. The van der Waals surface area contributed by atoms with Crippen molar-refractivity contribution >= 4 is 33.0 Å². The van der Waals surface area contributed by atoms with Crippen LogP contribution in [-0.4, -0.2) is 6.04 Å². The number of rotatable bonds is 5. The number of nitrogens with zero attached hydrogens (tertiary/aromatic N) is 1. The number of benzene rings is 1. The van der Waals surface area contributed by atoms with Crippen LogP contribution >= 0.6 is 27.3 Å². The number of hydrogen-bond donors (Lipinski definition) is 0. The molecule has 19 heavy (non-hydrogen) atoms. The first-order valence-corrected chi connectivity index (χ1v) is 8.77. The molecule has 2 aromatic rings. The fourth-order valence-corrected chi connectivity index (χ4v) is 3.69. The maximum atomic E-state index is 3.55. The Morgan fingerprint density at radius 1 is 1.32 bits per heavy atom. The van der Waals surface area contributed by atoms with E-state index in [0.717, 1.165) is 17.9 Å². The number of thiophene rings is 1. The van der Waals surface area contributed by atoms with Gasteiger partial charge in [0.25, 0.3) is 0 Å². The van der Waals surface area contributed by atoms with Crippen molar-refractivity contribution in [3.05, 3.63) is 51.7 Å². The van der Waals surface area contributed by atoms with E-state index >= 15 is 0 Å². The van der Waals surface area contributed by atoms with Gasteiger partial charge in [-0.2, -0.15) is 11.3 Å². The zero-order valence-electron chi connectivity index (χ0n) is 11.1. The van der Waals surface area contributed by atoms with Crippen LogP contribution in [0.2, 0.25) is 0 Å². The summed E-state index contributed by atoms with van der Waals surface area (Å²) in [5, 5.41) is 5.36. The highest BCUT2D eigenvalue weighted by molar-refractivity contribution is 9.08. The lowest BCUT2D eigenvalue weighted by atomic mass is 10.1. The molecule has 0 amide bonds. The van der Waals surface area contributed by atoms with Crippen molar-refractivity contribution in [1.29, 1.82) is 0 Å². The number of alkyl halides is 1. The first-order valence-electron chi connectivity index (χ1n) is 6.71. The summed E-state index contributed by atoms with van der Waals surface area (Å²) in [4.78, 5) is 2.56. The molecule has 0 unspecified atom stereocenters. The Hall–Kier alpha value is -0.800. The minimum absolute atomic E-state index is 0.745. The fourth-order valence-electron chi connectivity index (χ4n) is 2.41. The Balaban J connectivity index is 1.85. The maximum absolute atomic E-state index is 3.55. The van der Waals surface area contributed by atoms with E-state index in [2.05, 4.69) is 62.8 Å². The van der Waals surface area contributed by atoms with Crippen molar-refractivity contribution in [2.75, 3.05) is 4.90 Å². The minimum atomic E-state index is 0.745. The molecule has 100 valence electrons. The van der Waals surface area contributed by atoms with Crippen molar-refractivity contribution in [3.8, 4) is 0 Å². The Bertz CT molecular complexity index is 546. The summed E-state index contributed by atoms with van der Waals surface area (Å²) in [5.41, 5.74) is 5.57. The third kappa shape index (κ3) is 3.03. The lowest BCUT2D eigenvalue weighted by Gasteiger charge is -2.25. The van der Waals surface area contributed by atoms with Crippen LogP contribution < -0.4 is 4.90 Å². The third-order valence-corrected chi connectivity index (χ3v) is 5.06. The van der Waals surface area contributed by atoms with E-state index in [9.17, 15) is 0 Å². The van der Waals surface area contributed by atoms with Crippen LogP contribution in [0, 0.1) is 6.92 Å². The van der Waals surface area contributed by atoms with Gasteiger partial charge in [-0.05, 0) is 65.4 Å². The molecule has 0 spiro atoms. The monoisotopic (exact) mass is 335 g/mol. The maximum Gasteiger partial charge on any atom is 0.0440 e. The van der Waals surface area contributed by atoms with E-state index in [1.807, 2.05) is 0 Å². The van der Waals surface area contributed by atoms with Crippen molar-refractivity contribution in [2.24, 2.45) is 0 Å². The Labute approximate surface area is 127 Å². The van der Waals surface area contributed by atoms with Crippen LogP contribution in [-0.2, 0) is 11.9 Å². The molecule has 0 radical (unpaired) electrons. The number of halogens is 1. The molecule has 1 aromatic carbocycles. The average molecular weight is 336 g/mol. The molecule has 1 aliphatic rings. The van der Waals surface area contributed by atoms with Gasteiger partial charge in [0.15, 0.2) is 0 Å². The first kappa shape index (κ1) is 13.2. The highest BCUT2D eigenvalue weighted by Gasteiger charge is 2.29. The van der Waals surface area contributed by atoms with Crippen LogP contribution in [0.4, 0.5) is 5.69 Å². The highest BCUT2D eigenvalue weighted by atomic mass is 79.9. The summed E-state index contributed by atoms with van der Waals surface area (Å²) < 4.78 is 0. The number of hydrogen-bond acceptors (Lipinski definition) is 2. The molecule has 0 saturated heterocycles. The molecule has 1 heterocycles. The highest BCUT2D eigenvalue weighted by Crippen LogP contribution is 2.34. The summed E-state index contributed by atoms with van der Waals surface area (Å²) in [6.45, 7) is 3.25. The summed E-state index contributed by atoms with van der Waals surface area (Å²) in [5.74, 6) is 0. The van der Waals surface area contributed by atoms with Crippen LogP contribution in [0.25, 0.3) is 0 Å². The summed E-state index contributed by atoms with van der Waals surface area (Å²) in [6, 6.07) is 9.84. The van der Waals surface area contributed by atoms with E-state index in [1.54, 1.807) is 11.3 Å². The van der Waals surface area contributed by atoms with E-state index in [4.69, 9.17) is 0 Å². The quantitative estimate of drug-likeness (QED) is 0.685. The van der Waals surface area contributed by atoms with Gasteiger partial charge in [0, 0.05) is 23.6 Å². The molecule has 1 nitrogen and oxygen atoms in total. The van der Waals surface area contributed by atoms with Gasteiger partial charge in [-0.1, -0.05) is 22.0 Å². The predicted octanol–water partition coefficient (Wildman–Crippen LogP) is 5.12. The van der Waals surface area contributed by atoms with E-state index < -0.39 is 0 Å². The summed E-state index contributed by atoms with van der Waals surface area (Å²) in [6.07, 6.45) is 2.67. The molecule has 0 N–H and O–H groups in total. The second-order valence-electron chi connectivity index (χ2n) is 5.24. The molecular formula is C16H18BrNS. The predicted molar refractivity (Wildman–Crippen MR) is 87.3 cm³/mol. The van der Waals surface area contributed by atoms with Crippen molar-refractivity contribution < 1.29 is 0 Å².